The van der Waals surface area contributed by atoms with Crippen LogP contribution in [0, 0.1) is 25.1 Å². The van der Waals surface area contributed by atoms with Gasteiger partial charge in [-0.25, -0.2) is 22.6 Å². The van der Waals surface area contributed by atoms with Crippen LogP contribution in [0.4, 0.5) is 23.8 Å². The van der Waals surface area contributed by atoms with Crippen LogP contribution >= 0.6 is 0 Å². The van der Waals surface area contributed by atoms with Gasteiger partial charge in [0, 0.05) is 73.2 Å². The smallest absolute Gasteiger partial charge is 0.410 e. The number of likely N-dealkylation sites (N-methyl/N-ethyl adjacent to an activating group) is 1. The van der Waals surface area contributed by atoms with Gasteiger partial charge < -0.3 is 28.7 Å². The quantitative estimate of drug-likeness (QED) is 0.121. The molecule has 8 rings (SSSR count). The average molecular weight is 825 g/mol. The molecule has 3 aliphatic rings. The summed E-state index contributed by atoms with van der Waals surface area (Å²) >= 11 is 0. The lowest BCUT2D eigenvalue weighted by Crippen LogP contribution is -2.39. The second-order valence-electron chi connectivity index (χ2n) is 17.3. The summed E-state index contributed by atoms with van der Waals surface area (Å²) in [6, 6.07) is 10.5. The predicted molar refractivity (Wildman–Crippen MR) is 223 cm³/mol. The van der Waals surface area contributed by atoms with Gasteiger partial charge in [-0.1, -0.05) is 18.1 Å². The standard InChI is InChI=1S/C46H51F3N6O5/c1-8-28-12-14-29(15-13-28)25-58-41-39(38-27(2)35(47)22-36-34(38)23-50-55(36)37-11-9-10-20-57-37)32(30-16-17-30)21-33-40(41)51-43(59-26-46(6,48)49)52-42(33)53(7)31-18-19-54(24-31)44(56)60-45(3,4)5/h1,12-15,21-23,30-31,37H,9-11,16-20,24-26H2,2-7H3/t31-,37?/m0/s1. The Balaban J connectivity index is 1.34. The van der Waals surface area contributed by atoms with Crippen molar-refractivity contribution in [3.05, 3.63) is 70.7 Å². The van der Waals surface area contributed by atoms with Gasteiger partial charge in [0.1, 0.15) is 29.4 Å². The lowest BCUT2D eigenvalue weighted by atomic mass is 9.88. The zero-order chi connectivity index (χ0) is 42.5. The average Bonchev–Trinajstić information content (AvgIpc) is 3.78. The maximum Gasteiger partial charge on any atom is 0.410 e. The molecule has 2 aliphatic heterocycles. The number of benzene rings is 3. The number of hydrogen-bond acceptors (Lipinski definition) is 9. The van der Waals surface area contributed by atoms with E-state index in [1.165, 1.54) is 6.07 Å². The largest absolute Gasteiger partial charge is 0.486 e. The van der Waals surface area contributed by atoms with Crippen molar-refractivity contribution in [1.29, 1.82) is 0 Å². The summed E-state index contributed by atoms with van der Waals surface area (Å²) in [6.07, 6.45) is 11.7. The molecule has 0 bridgehead atoms. The molecule has 0 spiro atoms. The van der Waals surface area contributed by atoms with E-state index in [0.29, 0.717) is 81.7 Å². The van der Waals surface area contributed by atoms with Gasteiger partial charge in [-0.15, -0.1) is 6.42 Å². The molecule has 2 aromatic heterocycles. The van der Waals surface area contributed by atoms with Crippen molar-refractivity contribution < 1.29 is 36.9 Å². The van der Waals surface area contributed by atoms with Crippen LogP contribution in [0.25, 0.3) is 32.9 Å². The van der Waals surface area contributed by atoms with E-state index < -0.39 is 30.0 Å². The first-order valence-electron chi connectivity index (χ1n) is 20.6. The van der Waals surface area contributed by atoms with Gasteiger partial charge in [0.25, 0.3) is 5.92 Å². The van der Waals surface area contributed by atoms with Crippen LogP contribution in [0.15, 0.2) is 42.6 Å². The number of anilines is 1. The number of terminal acetylenes is 1. The molecule has 3 fully saturated rings. The molecule has 11 nitrogen and oxygen atoms in total. The lowest BCUT2D eigenvalue weighted by Gasteiger charge is -2.29. The highest BCUT2D eigenvalue weighted by Crippen LogP contribution is 2.53. The van der Waals surface area contributed by atoms with Crippen molar-refractivity contribution in [3.8, 4) is 35.2 Å². The summed E-state index contributed by atoms with van der Waals surface area (Å²) in [5.74, 6) is -0.0915. The van der Waals surface area contributed by atoms with Crippen LogP contribution in [0.5, 0.6) is 11.8 Å². The van der Waals surface area contributed by atoms with E-state index in [9.17, 15) is 13.6 Å². The van der Waals surface area contributed by atoms with Crippen molar-refractivity contribution >= 4 is 33.7 Å². The first-order chi connectivity index (χ1) is 28.6. The number of rotatable bonds is 11. The van der Waals surface area contributed by atoms with E-state index in [2.05, 4.69) is 5.92 Å². The molecule has 4 heterocycles. The highest BCUT2D eigenvalue weighted by atomic mass is 19.3. The van der Waals surface area contributed by atoms with Gasteiger partial charge in [0.2, 0.25) is 0 Å². The van der Waals surface area contributed by atoms with Gasteiger partial charge in [0.05, 0.1) is 11.7 Å². The molecule has 316 valence electrons. The minimum Gasteiger partial charge on any atom is -0.486 e. The molecule has 3 aromatic carbocycles. The molecule has 2 atom stereocenters. The lowest BCUT2D eigenvalue weighted by molar-refractivity contribution is -0.0367. The van der Waals surface area contributed by atoms with Crippen molar-refractivity contribution in [2.45, 2.75) is 109 Å². The van der Waals surface area contributed by atoms with Gasteiger partial charge in [-0.3, -0.25) is 0 Å². The third kappa shape index (κ3) is 8.55. The molecule has 60 heavy (non-hydrogen) atoms. The fraction of sp³-hybridized carbons (Fsp3) is 0.478. The molecule has 1 saturated carbocycles. The zero-order valence-corrected chi connectivity index (χ0v) is 35.0. The molecular formula is C46H51F3N6O5. The van der Waals surface area contributed by atoms with Crippen molar-refractivity contribution in [2.75, 3.05) is 38.3 Å². The van der Waals surface area contributed by atoms with Crippen LogP contribution < -0.4 is 14.4 Å². The Kier molecular flexibility index (Phi) is 11.1. The minimum absolute atomic E-state index is 0.0830. The number of likely N-dealkylation sites (tertiary alicyclic amines) is 1. The summed E-state index contributed by atoms with van der Waals surface area (Å²) in [5.41, 5.74) is 4.33. The molecule has 1 unspecified atom stereocenters. The number of hydrogen-bond donors (Lipinski definition) is 0. The molecule has 2 saturated heterocycles. The Labute approximate surface area is 348 Å². The number of carbonyl (C=O) groups excluding carboxylic acids is 1. The number of amides is 1. The topological polar surface area (TPSA) is 104 Å². The number of ether oxygens (including phenoxy) is 4. The van der Waals surface area contributed by atoms with E-state index in [4.69, 9.17) is 40.4 Å². The number of carbonyl (C=O) groups is 1. The van der Waals surface area contributed by atoms with Crippen molar-refractivity contribution in [3.63, 3.8) is 0 Å². The van der Waals surface area contributed by atoms with Crippen LogP contribution in [-0.2, 0) is 16.1 Å². The Morgan fingerprint density at radius 2 is 1.78 bits per heavy atom. The highest BCUT2D eigenvalue weighted by molar-refractivity contribution is 6.06. The Hall–Kier alpha value is -5.55. The minimum atomic E-state index is -3.18. The van der Waals surface area contributed by atoms with E-state index in [0.717, 1.165) is 50.2 Å². The summed E-state index contributed by atoms with van der Waals surface area (Å²) in [7, 11) is 1.86. The maximum absolute atomic E-state index is 16.4. The van der Waals surface area contributed by atoms with E-state index in [1.807, 2.05) is 63.1 Å². The Morgan fingerprint density at radius 1 is 1.02 bits per heavy atom. The monoisotopic (exact) mass is 824 g/mol. The fourth-order valence-electron chi connectivity index (χ4n) is 8.16. The third-order valence-corrected chi connectivity index (χ3v) is 11.4. The van der Waals surface area contributed by atoms with Crippen molar-refractivity contribution in [2.24, 2.45) is 0 Å². The first-order valence-corrected chi connectivity index (χ1v) is 20.6. The summed E-state index contributed by atoms with van der Waals surface area (Å²) in [4.78, 5) is 26.3. The number of aromatic nitrogens is 4. The van der Waals surface area contributed by atoms with Gasteiger partial charge in [0.15, 0.2) is 18.6 Å². The summed E-state index contributed by atoms with van der Waals surface area (Å²) in [5, 5.41) is 6.09. The van der Waals surface area contributed by atoms with Crippen LogP contribution in [-0.4, -0.2) is 81.7 Å². The SMILES string of the molecule is C#Cc1ccc(COc2c(-c3c(C)c(F)cc4c3cnn4C3CCCCO3)c(C3CC3)cc3c(N(C)[C@H]4CCN(C(=O)OC(C)(C)C)C4)nc(OCC(C)(F)F)nc23)cc1. The van der Waals surface area contributed by atoms with Crippen LogP contribution in [0.3, 0.4) is 0 Å². The van der Waals surface area contributed by atoms with E-state index >= 15 is 4.39 Å². The second-order valence-corrected chi connectivity index (χ2v) is 17.3. The maximum atomic E-state index is 16.4. The van der Waals surface area contributed by atoms with Crippen molar-refractivity contribution in [1.82, 2.24) is 24.6 Å². The van der Waals surface area contributed by atoms with E-state index in [1.54, 1.807) is 22.7 Å². The molecule has 1 aliphatic carbocycles. The molecule has 0 radical (unpaired) electrons. The highest BCUT2D eigenvalue weighted by Gasteiger charge is 2.37. The molecular weight excluding hydrogens is 774 g/mol. The molecule has 5 aromatic rings. The van der Waals surface area contributed by atoms with Gasteiger partial charge >= 0.3 is 12.1 Å². The third-order valence-electron chi connectivity index (χ3n) is 11.4. The van der Waals surface area contributed by atoms with Gasteiger partial charge in [-0.05, 0) is 107 Å². The molecule has 1 amide bonds. The summed E-state index contributed by atoms with van der Waals surface area (Å²) < 4.78 is 71.3. The number of nitrogens with zero attached hydrogens (tertiary/aromatic N) is 6. The number of halogens is 3. The first kappa shape index (κ1) is 41.2. The van der Waals surface area contributed by atoms with Crippen LogP contribution in [0.1, 0.15) is 101 Å². The zero-order valence-electron chi connectivity index (χ0n) is 35.0. The number of fused-ring (bicyclic) bond motifs is 2. The normalized spacial score (nSPS) is 18.5. The van der Waals surface area contributed by atoms with E-state index in [-0.39, 0.29) is 30.8 Å². The fourth-order valence-corrected chi connectivity index (χ4v) is 8.16. The molecule has 0 N–H and O–H groups in total. The predicted octanol–water partition coefficient (Wildman–Crippen LogP) is 9.71. The van der Waals surface area contributed by atoms with Crippen LogP contribution in [0.2, 0.25) is 0 Å². The van der Waals surface area contributed by atoms with Gasteiger partial charge in [-0.2, -0.15) is 15.1 Å². The second kappa shape index (κ2) is 16.1. The molecule has 14 heteroatoms. The Bertz CT molecular complexity index is 2460. The number of alkyl halides is 2. The summed E-state index contributed by atoms with van der Waals surface area (Å²) in [6.45, 7) is 8.50. The Morgan fingerprint density at radius 3 is 2.45 bits per heavy atom.